The van der Waals surface area contributed by atoms with E-state index in [2.05, 4.69) is 51.6 Å². The molecule has 180 valence electrons. The van der Waals surface area contributed by atoms with Crippen molar-refractivity contribution in [2.24, 2.45) is 44.8 Å². The van der Waals surface area contributed by atoms with Gasteiger partial charge < -0.3 is 14.1 Å². The third-order valence-electron chi connectivity index (χ3n) is 9.28. The van der Waals surface area contributed by atoms with Crippen LogP contribution in [0.5, 0.6) is 0 Å². The lowest BCUT2D eigenvalue weighted by Crippen LogP contribution is -2.56. The first-order valence-electron chi connectivity index (χ1n) is 12.6. The molecule has 3 unspecified atom stereocenters. The Bertz CT molecular complexity index is 816. The molecule has 32 heavy (non-hydrogen) atoms. The molecule has 0 aromatic rings. The minimum Gasteiger partial charge on any atom is -0.415 e. The topological polar surface area (TPSA) is 52.4 Å². The molecule has 6 heteroatoms. The van der Waals surface area contributed by atoms with Crippen LogP contribution in [0.25, 0.3) is 0 Å². The van der Waals surface area contributed by atoms with Crippen molar-refractivity contribution in [1.82, 2.24) is 0 Å². The van der Waals surface area contributed by atoms with Gasteiger partial charge >= 0.3 is 0 Å². The Morgan fingerprint density at radius 2 is 1.75 bits per heavy atom. The molecule has 7 atom stereocenters. The van der Waals surface area contributed by atoms with E-state index < -0.39 is 8.32 Å². The largest absolute Gasteiger partial charge is 0.415 e. The van der Waals surface area contributed by atoms with Crippen molar-refractivity contribution in [3.63, 3.8) is 0 Å². The van der Waals surface area contributed by atoms with Gasteiger partial charge in [-0.2, -0.15) is 0 Å². The quantitative estimate of drug-likeness (QED) is 0.351. The number of hydrogen-bond donors (Lipinski definition) is 0. The van der Waals surface area contributed by atoms with E-state index in [9.17, 15) is 0 Å². The molecule has 0 heterocycles. The van der Waals surface area contributed by atoms with E-state index in [4.69, 9.17) is 19.3 Å². The standard InChI is InChI=1S/C26H44N2O3Si/c1-17(31-32(6,7)8)21-11-12-22-20-10-9-18-15-19(27-29-4)13-14-25(18,2)24(20)23(28-30-5)16-26(21,22)3/h15,17,20-22,24H,9-14,16H2,1-8H3/t17-,20?,21+,22?,24?,25-,26+/m0/s1. The average molecular weight is 461 g/mol. The molecular weight excluding hydrogens is 416 g/mol. The first kappa shape index (κ1) is 24.0. The van der Waals surface area contributed by atoms with Crippen LogP contribution in [0.1, 0.15) is 65.7 Å². The van der Waals surface area contributed by atoms with Gasteiger partial charge in [0.05, 0.1) is 11.4 Å². The van der Waals surface area contributed by atoms with E-state index in [1.54, 1.807) is 14.2 Å². The Hall–Kier alpha value is -1.14. The van der Waals surface area contributed by atoms with Crippen molar-refractivity contribution < 1.29 is 14.1 Å². The highest BCUT2D eigenvalue weighted by Gasteiger charge is 2.62. The predicted molar refractivity (Wildman–Crippen MR) is 133 cm³/mol. The van der Waals surface area contributed by atoms with E-state index in [-0.39, 0.29) is 10.8 Å². The summed E-state index contributed by atoms with van der Waals surface area (Å²) in [6.45, 7) is 14.3. The Morgan fingerprint density at radius 1 is 1.03 bits per heavy atom. The van der Waals surface area contributed by atoms with Gasteiger partial charge in [0, 0.05) is 12.0 Å². The monoisotopic (exact) mass is 460 g/mol. The molecular formula is C26H44N2O3Si. The summed E-state index contributed by atoms with van der Waals surface area (Å²) >= 11 is 0. The molecule has 0 amide bonds. The molecule has 4 rings (SSSR count). The zero-order valence-corrected chi connectivity index (χ0v) is 22.5. The molecule has 4 aliphatic carbocycles. The smallest absolute Gasteiger partial charge is 0.184 e. The van der Waals surface area contributed by atoms with Crippen molar-refractivity contribution in [1.29, 1.82) is 0 Å². The number of nitrogens with zero attached hydrogens (tertiary/aromatic N) is 2. The minimum atomic E-state index is -1.58. The molecule has 0 aromatic carbocycles. The van der Waals surface area contributed by atoms with E-state index in [1.807, 2.05) is 0 Å². The summed E-state index contributed by atoms with van der Waals surface area (Å²) in [6, 6.07) is 0. The molecule has 3 saturated carbocycles. The van der Waals surface area contributed by atoms with Gasteiger partial charge in [0.1, 0.15) is 14.2 Å². The van der Waals surface area contributed by atoms with Crippen LogP contribution in [0.3, 0.4) is 0 Å². The fraction of sp³-hybridized carbons (Fsp3) is 0.846. The second-order valence-corrected chi connectivity index (χ2v) is 16.7. The van der Waals surface area contributed by atoms with Crippen molar-refractivity contribution in [3.8, 4) is 0 Å². The normalized spacial score (nSPS) is 42.7. The first-order valence-corrected chi connectivity index (χ1v) is 16.0. The van der Waals surface area contributed by atoms with Crippen LogP contribution in [-0.2, 0) is 14.1 Å². The summed E-state index contributed by atoms with van der Waals surface area (Å²) in [6.07, 6.45) is 10.8. The maximum absolute atomic E-state index is 6.64. The van der Waals surface area contributed by atoms with Gasteiger partial charge in [-0.15, -0.1) is 0 Å². The molecule has 0 aliphatic heterocycles. The van der Waals surface area contributed by atoms with E-state index in [0.717, 1.165) is 30.9 Å². The van der Waals surface area contributed by atoms with Gasteiger partial charge in [-0.1, -0.05) is 29.7 Å². The Morgan fingerprint density at radius 3 is 2.41 bits per heavy atom. The van der Waals surface area contributed by atoms with Crippen LogP contribution >= 0.6 is 0 Å². The van der Waals surface area contributed by atoms with Crippen LogP contribution in [0, 0.1) is 34.5 Å². The molecule has 0 bridgehead atoms. The first-order chi connectivity index (χ1) is 15.0. The van der Waals surface area contributed by atoms with Crippen molar-refractivity contribution in [2.45, 2.75) is 91.5 Å². The molecule has 0 N–H and O–H groups in total. The summed E-state index contributed by atoms with van der Waals surface area (Å²) in [5, 5.41) is 9.00. The molecule has 0 radical (unpaired) electrons. The van der Waals surface area contributed by atoms with Gasteiger partial charge in [-0.3, -0.25) is 0 Å². The van der Waals surface area contributed by atoms with Gasteiger partial charge in [-0.25, -0.2) is 0 Å². The number of hydrogen-bond acceptors (Lipinski definition) is 5. The Balaban J connectivity index is 1.69. The highest BCUT2D eigenvalue weighted by atomic mass is 28.4. The zero-order valence-electron chi connectivity index (χ0n) is 21.5. The molecule has 0 spiro atoms. The number of allylic oxidation sites excluding steroid dienone is 2. The van der Waals surface area contributed by atoms with Crippen molar-refractivity contribution in [3.05, 3.63) is 11.6 Å². The third kappa shape index (κ3) is 4.00. The Kier molecular flexibility index (Phi) is 6.43. The lowest BCUT2D eigenvalue weighted by molar-refractivity contribution is -0.0146. The maximum Gasteiger partial charge on any atom is 0.184 e. The third-order valence-corrected chi connectivity index (χ3v) is 10.4. The van der Waals surface area contributed by atoms with Crippen LogP contribution in [0.4, 0.5) is 0 Å². The van der Waals surface area contributed by atoms with E-state index in [1.165, 1.54) is 37.0 Å². The van der Waals surface area contributed by atoms with Crippen LogP contribution < -0.4 is 0 Å². The van der Waals surface area contributed by atoms with Gasteiger partial charge in [0.2, 0.25) is 0 Å². The summed E-state index contributed by atoms with van der Waals surface area (Å²) in [7, 11) is 1.78. The van der Waals surface area contributed by atoms with Gasteiger partial charge in [-0.05, 0) is 106 Å². The average Bonchev–Trinajstić information content (AvgIpc) is 3.04. The summed E-state index contributed by atoms with van der Waals surface area (Å²) in [5.74, 6) is 2.48. The minimum absolute atomic E-state index is 0.146. The SMILES string of the molecule is CON=C1C=C2CCC3C(C(=NOC)C[C@@]4(C)C3CC[C@@H]4[C@H](C)O[Si](C)(C)C)[C@@]2(C)CC1. The van der Waals surface area contributed by atoms with Crippen LogP contribution in [0.2, 0.25) is 19.6 Å². The predicted octanol–water partition coefficient (Wildman–Crippen LogP) is 6.42. The van der Waals surface area contributed by atoms with E-state index >= 15 is 0 Å². The lowest BCUT2D eigenvalue weighted by atomic mass is 9.46. The fourth-order valence-corrected chi connectivity index (χ4v) is 9.55. The van der Waals surface area contributed by atoms with E-state index in [0.29, 0.717) is 23.9 Å². The molecule has 3 fully saturated rings. The zero-order chi connectivity index (χ0) is 23.3. The summed E-state index contributed by atoms with van der Waals surface area (Å²) < 4.78 is 6.64. The number of fused-ring (bicyclic) bond motifs is 5. The summed E-state index contributed by atoms with van der Waals surface area (Å²) in [4.78, 5) is 10.6. The highest BCUT2D eigenvalue weighted by Crippen LogP contribution is 2.66. The van der Waals surface area contributed by atoms with Gasteiger partial charge in [0.15, 0.2) is 8.32 Å². The molecule has 4 aliphatic rings. The second kappa shape index (κ2) is 8.57. The number of rotatable bonds is 5. The van der Waals surface area contributed by atoms with Gasteiger partial charge in [0.25, 0.3) is 0 Å². The lowest BCUT2D eigenvalue weighted by Gasteiger charge is -2.58. The fourth-order valence-electron chi connectivity index (χ4n) is 8.27. The van der Waals surface area contributed by atoms with Crippen molar-refractivity contribution >= 4 is 19.7 Å². The Labute approximate surface area is 196 Å². The maximum atomic E-state index is 6.64. The van der Waals surface area contributed by atoms with Crippen LogP contribution in [0.15, 0.2) is 22.0 Å². The second-order valence-electron chi connectivity index (χ2n) is 12.2. The van der Waals surface area contributed by atoms with Crippen LogP contribution in [-0.4, -0.2) is 40.1 Å². The highest BCUT2D eigenvalue weighted by molar-refractivity contribution is 6.69. The molecule has 0 saturated heterocycles. The number of oxime groups is 2. The molecule has 5 nitrogen and oxygen atoms in total. The molecule has 0 aromatic heterocycles. The van der Waals surface area contributed by atoms with Crippen molar-refractivity contribution in [2.75, 3.05) is 14.2 Å². The summed E-state index contributed by atoms with van der Waals surface area (Å²) in [5.41, 5.74) is 4.31.